The van der Waals surface area contributed by atoms with Gasteiger partial charge in [-0.1, -0.05) is 20.8 Å². The van der Waals surface area contributed by atoms with E-state index in [0.29, 0.717) is 13.0 Å². The van der Waals surface area contributed by atoms with Gasteiger partial charge in [0.1, 0.15) is 0 Å². The minimum absolute atomic E-state index is 0.00319. The van der Waals surface area contributed by atoms with Gasteiger partial charge in [0.25, 0.3) is 0 Å². The van der Waals surface area contributed by atoms with Crippen molar-refractivity contribution in [2.45, 2.75) is 59.1 Å². The van der Waals surface area contributed by atoms with Crippen LogP contribution in [0, 0.1) is 5.41 Å². The molecule has 0 aliphatic carbocycles. The van der Waals surface area contributed by atoms with Crippen molar-refractivity contribution in [3.8, 4) is 0 Å². The SMILES string of the molecule is COC(CN)CC(=O)NC(C)(C)CC(C)(C)C. The van der Waals surface area contributed by atoms with Crippen molar-refractivity contribution in [3.05, 3.63) is 0 Å². The van der Waals surface area contributed by atoms with E-state index in [1.54, 1.807) is 7.11 Å². The van der Waals surface area contributed by atoms with Gasteiger partial charge in [-0.3, -0.25) is 4.79 Å². The van der Waals surface area contributed by atoms with Crippen LogP contribution in [0.3, 0.4) is 0 Å². The fraction of sp³-hybridized carbons (Fsp3) is 0.923. The lowest BCUT2D eigenvalue weighted by atomic mass is 9.81. The van der Waals surface area contributed by atoms with Crippen molar-refractivity contribution in [3.63, 3.8) is 0 Å². The monoisotopic (exact) mass is 244 g/mol. The highest BCUT2D eigenvalue weighted by Gasteiger charge is 2.27. The Morgan fingerprint density at radius 1 is 1.29 bits per heavy atom. The topological polar surface area (TPSA) is 64.3 Å². The highest BCUT2D eigenvalue weighted by molar-refractivity contribution is 5.77. The Kier molecular flexibility index (Phi) is 6.13. The normalized spacial score (nSPS) is 14.5. The molecule has 0 aliphatic heterocycles. The number of hydrogen-bond donors (Lipinski definition) is 2. The standard InChI is InChI=1S/C13H28N2O2/c1-12(2,3)9-13(4,5)15-11(16)7-10(8-14)17-6/h10H,7-9,14H2,1-6H3,(H,15,16). The summed E-state index contributed by atoms with van der Waals surface area (Å²) in [5.74, 6) is -0.00319. The van der Waals surface area contributed by atoms with E-state index in [0.717, 1.165) is 6.42 Å². The van der Waals surface area contributed by atoms with E-state index in [1.807, 2.05) is 13.8 Å². The van der Waals surface area contributed by atoms with Crippen LogP contribution in [0.25, 0.3) is 0 Å². The molecule has 0 heterocycles. The second-order valence-corrected chi connectivity index (χ2v) is 6.47. The van der Waals surface area contributed by atoms with E-state index in [2.05, 4.69) is 26.1 Å². The summed E-state index contributed by atoms with van der Waals surface area (Å²) in [4.78, 5) is 11.8. The minimum Gasteiger partial charge on any atom is -0.380 e. The predicted molar refractivity (Wildman–Crippen MR) is 70.8 cm³/mol. The molecule has 0 fully saturated rings. The fourth-order valence-corrected chi connectivity index (χ4v) is 2.27. The van der Waals surface area contributed by atoms with Gasteiger partial charge in [-0.25, -0.2) is 0 Å². The summed E-state index contributed by atoms with van der Waals surface area (Å²) in [5.41, 5.74) is 5.47. The third kappa shape index (κ3) is 8.16. The first-order valence-electron chi connectivity index (χ1n) is 6.13. The summed E-state index contributed by atoms with van der Waals surface area (Å²) < 4.78 is 5.10. The minimum atomic E-state index is -0.206. The first-order chi connectivity index (χ1) is 7.59. The van der Waals surface area contributed by atoms with Crippen molar-refractivity contribution >= 4 is 5.91 Å². The molecule has 4 heteroatoms. The van der Waals surface area contributed by atoms with Crippen molar-refractivity contribution in [1.82, 2.24) is 5.32 Å². The van der Waals surface area contributed by atoms with Gasteiger partial charge in [0.05, 0.1) is 12.5 Å². The van der Waals surface area contributed by atoms with Gasteiger partial charge >= 0.3 is 0 Å². The maximum Gasteiger partial charge on any atom is 0.223 e. The lowest BCUT2D eigenvalue weighted by Crippen LogP contribution is -2.47. The Hall–Kier alpha value is -0.610. The average molecular weight is 244 g/mol. The lowest BCUT2D eigenvalue weighted by molar-refractivity contribution is -0.125. The van der Waals surface area contributed by atoms with Crippen LogP contribution in [0.15, 0.2) is 0 Å². The molecule has 0 spiro atoms. The number of ether oxygens (including phenoxy) is 1. The van der Waals surface area contributed by atoms with Gasteiger partial charge in [0.2, 0.25) is 5.91 Å². The number of nitrogens with one attached hydrogen (secondary N) is 1. The number of nitrogens with two attached hydrogens (primary N) is 1. The molecule has 0 radical (unpaired) electrons. The molecule has 1 amide bonds. The lowest BCUT2D eigenvalue weighted by Gasteiger charge is -2.33. The number of rotatable bonds is 6. The van der Waals surface area contributed by atoms with Crippen molar-refractivity contribution in [1.29, 1.82) is 0 Å². The first-order valence-corrected chi connectivity index (χ1v) is 6.13. The highest BCUT2D eigenvalue weighted by atomic mass is 16.5. The van der Waals surface area contributed by atoms with Gasteiger partial charge in [-0.15, -0.1) is 0 Å². The number of amides is 1. The second kappa shape index (κ2) is 6.36. The third-order valence-corrected chi connectivity index (χ3v) is 2.46. The maximum absolute atomic E-state index is 11.8. The Labute approximate surface area is 105 Å². The van der Waals surface area contributed by atoms with Crippen LogP contribution in [-0.2, 0) is 9.53 Å². The predicted octanol–water partition coefficient (Wildman–Crippen LogP) is 1.68. The molecule has 4 nitrogen and oxygen atoms in total. The van der Waals surface area contributed by atoms with E-state index in [-0.39, 0.29) is 23.0 Å². The number of hydrogen-bond acceptors (Lipinski definition) is 3. The zero-order valence-corrected chi connectivity index (χ0v) is 12.1. The molecule has 0 aromatic heterocycles. The molecule has 0 saturated carbocycles. The van der Waals surface area contributed by atoms with Crippen LogP contribution < -0.4 is 11.1 Å². The molecule has 0 aromatic rings. The Bertz CT molecular complexity index is 240. The van der Waals surface area contributed by atoms with E-state index < -0.39 is 0 Å². The van der Waals surface area contributed by atoms with E-state index in [9.17, 15) is 4.79 Å². The fourth-order valence-electron chi connectivity index (χ4n) is 2.27. The van der Waals surface area contributed by atoms with Gasteiger partial charge in [0.15, 0.2) is 0 Å². The molecule has 1 unspecified atom stereocenters. The number of carbonyl (C=O) groups is 1. The van der Waals surface area contributed by atoms with Crippen molar-refractivity contribution in [2.75, 3.05) is 13.7 Å². The maximum atomic E-state index is 11.8. The van der Waals surface area contributed by atoms with Crippen molar-refractivity contribution < 1.29 is 9.53 Å². The summed E-state index contributed by atoms with van der Waals surface area (Å²) in [6.45, 7) is 10.9. The molecule has 0 rings (SSSR count). The second-order valence-electron chi connectivity index (χ2n) is 6.47. The molecule has 1 atom stereocenters. The van der Waals surface area contributed by atoms with Crippen LogP contribution in [-0.4, -0.2) is 31.2 Å². The Morgan fingerprint density at radius 2 is 1.82 bits per heavy atom. The summed E-state index contributed by atoms with van der Waals surface area (Å²) in [6, 6.07) is 0. The quantitative estimate of drug-likeness (QED) is 0.747. The van der Waals surface area contributed by atoms with E-state index >= 15 is 0 Å². The van der Waals surface area contributed by atoms with Crippen LogP contribution in [0.5, 0.6) is 0 Å². The molecular formula is C13H28N2O2. The van der Waals surface area contributed by atoms with Gasteiger partial charge < -0.3 is 15.8 Å². The van der Waals surface area contributed by atoms with E-state index in [1.165, 1.54) is 0 Å². The molecule has 0 aliphatic rings. The highest BCUT2D eigenvalue weighted by Crippen LogP contribution is 2.26. The Balaban J connectivity index is 4.27. The number of methoxy groups -OCH3 is 1. The summed E-state index contributed by atoms with van der Waals surface area (Å²) in [7, 11) is 1.57. The molecule has 3 N–H and O–H groups in total. The van der Waals surface area contributed by atoms with Gasteiger partial charge in [-0.2, -0.15) is 0 Å². The van der Waals surface area contributed by atoms with Crippen LogP contribution >= 0.6 is 0 Å². The van der Waals surface area contributed by atoms with E-state index in [4.69, 9.17) is 10.5 Å². The Morgan fingerprint density at radius 3 is 2.18 bits per heavy atom. The zero-order chi connectivity index (χ0) is 13.7. The van der Waals surface area contributed by atoms with Crippen LogP contribution in [0.2, 0.25) is 0 Å². The molecule has 17 heavy (non-hydrogen) atoms. The van der Waals surface area contributed by atoms with Crippen molar-refractivity contribution in [2.24, 2.45) is 11.1 Å². The van der Waals surface area contributed by atoms with Gasteiger partial charge in [-0.05, 0) is 25.7 Å². The first kappa shape index (κ1) is 16.4. The molecule has 0 aromatic carbocycles. The van der Waals surface area contributed by atoms with Crippen LogP contribution in [0.4, 0.5) is 0 Å². The summed E-state index contributed by atoms with van der Waals surface area (Å²) >= 11 is 0. The molecule has 102 valence electrons. The summed E-state index contributed by atoms with van der Waals surface area (Å²) in [6.07, 6.45) is 1.05. The third-order valence-electron chi connectivity index (χ3n) is 2.46. The zero-order valence-electron chi connectivity index (χ0n) is 12.1. The number of carbonyl (C=O) groups excluding carboxylic acids is 1. The smallest absolute Gasteiger partial charge is 0.223 e. The average Bonchev–Trinajstić information content (AvgIpc) is 2.08. The van der Waals surface area contributed by atoms with Gasteiger partial charge in [0, 0.05) is 19.2 Å². The largest absolute Gasteiger partial charge is 0.380 e. The molecular weight excluding hydrogens is 216 g/mol. The summed E-state index contributed by atoms with van der Waals surface area (Å²) in [5, 5.41) is 3.04. The van der Waals surface area contributed by atoms with Crippen LogP contribution in [0.1, 0.15) is 47.5 Å². The molecule has 0 bridgehead atoms. The molecule has 0 saturated heterocycles.